The van der Waals surface area contributed by atoms with Crippen molar-refractivity contribution in [2.24, 2.45) is 0 Å². The molecule has 1 rings (SSSR count). The van der Waals surface area contributed by atoms with Crippen molar-refractivity contribution in [1.82, 2.24) is 10.3 Å². The van der Waals surface area contributed by atoms with E-state index in [1.165, 1.54) is 0 Å². The van der Waals surface area contributed by atoms with Crippen molar-refractivity contribution in [1.29, 1.82) is 0 Å². The van der Waals surface area contributed by atoms with Crippen molar-refractivity contribution in [2.45, 2.75) is 6.92 Å². The number of halogens is 1. The number of hydrogen-bond acceptors (Lipinski definition) is 3. The van der Waals surface area contributed by atoms with Gasteiger partial charge in [-0.15, -0.1) is 0 Å². The number of nitrogens with zero attached hydrogens (tertiary/aromatic N) is 1. The Morgan fingerprint density at radius 2 is 2.29 bits per heavy atom. The Morgan fingerprint density at radius 1 is 1.57 bits per heavy atom. The Labute approximate surface area is 87.7 Å². The second kappa shape index (κ2) is 4.81. The van der Waals surface area contributed by atoms with Crippen molar-refractivity contribution in [3.63, 3.8) is 0 Å². The van der Waals surface area contributed by atoms with Crippen LogP contribution in [0.2, 0.25) is 5.15 Å². The summed E-state index contributed by atoms with van der Waals surface area (Å²) in [6.45, 7) is 2.62. The number of nitrogens with one attached hydrogen (secondary N) is 2. The molecule has 0 atom stereocenters. The molecule has 0 fully saturated rings. The smallest absolute Gasteiger partial charge is 0.254 e. The molecule has 0 saturated carbocycles. The average molecular weight is 214 g/mol. The molecule has 5 heteroatoms. The standard InChI is InChI=1S/C9H12ClN3O/c1-3-12-8-6(9(14)11-2)4-5-7(10)13-8/h4-5H,3H2,1-2H3,(H,11,14)(H,12,13). The quantitative estimate of drug-likeness (QED) is 0.749. The summed E-state index contributed by atoms with van der Waals surface area (Å²) in [6.07, 6.45) is 0. The molecule has 0 bridgehead atoms. The number of carbonyl (C=O) groups is 1. The summed E-state index contributed by atoms with van der Waals surface area (Å²) in [4.78, 5) is 15.4. The van der Waals surface area contributed by atoms with E-state index >= 15 is 0 Å². The Balaban J connectivity index is 3.07. The molecule has 0 aliphatic carbocycles. The van der Waals surface area contributed by atoms with Crippen LogP contribution in [0.5, 0.6) is 0 Å². The van der Waals surface area contributed by atoms with E-state index in [9.17, 15) is 4.79 Å². The SMILES string of the molecule is CCNc1nc(Cl)ccc1C(=O)NC. The number of anilines is 1. The summed E-state index contributed by atoms with van der Waals surface area (Å²) in [6, 6.07) is 3.24. The van der Waals surface area contributed by atoms with E-state index in [2.05, 4.69) is 15.6 Å². The molecule has 1 aromatic rings. The number of hydrogen-bond donors (Lipinski definition) is 2. The fourth-order valence-electron chi connectivity index (χ4n) is 1.06. The summed E-state index contributed by atoms with van der Waals surface area (Å²) in [5.41, 5.74) is 0.499. The Kier molecular flexibility index (Phi) is 3.71. The predicted molar refractivity (Wildman–Crippen MR) is 56.8 cm³/mol. The van der Waals surface area contributed by atoms with Crippen LogP contribution in [0.1, 0.15) is 17.3 Å². The van der Waals surface area contributed by atoms with Crippen LogP contribution in [0.15, 0.2) is 12.1 Å². The lowest BCUT2D eigenvalue weighted by Crippen LogP contribution is -2.20. The summed E-state index contributed by atoms with van der Waals surface area (Å²) >= 11 is 5.72. The highest BCUT2D eigenvalue weighted by molar-refractivity contribution is 6.29. The van der Waals surface area contributed by atoms with Crippen molar-refractivity contribution < 1.29 is 4.79 Å². The number of amides is 1. The normalized spacial score (nSPS) is 9.64. The van der Waals surface area contributed by atoms with Gasteiger partial charge in [-0.1, -0.05) is 11.6 Å². The zero-order chi connectivity index (χ0) is 10.6. The highest BCUT2D eigenvalue weighted by Crippen LogP contribution is 2.16. The van der Waals surface area contributed by atoms with E-state index in [4.69, 9.17) is 11.6 Å². The summed E-state index contributed by atoms with van der Waals surface area (Å²) in [7, 11) is 1.58. The molecule has 1 heterocycles. The van der Waals surface area contributed by atoms with Crippen LogP contribution in [0, 0.1) is 0 Å². The second-order valence-electron chi connectivity index (χ2n) is 2.64. The van der Waals surface area contributed by atoms with Crippen LogP contribution >= 0.6 is 11.6 Å². The van der Waals surface area contributed by atoms with Gasteiger partial charge in [0.25, 0.3) is 5.91 Å². The molecule has 0 spiro atoms. The van der Waals surface area contributed by atoms with Crippen LogP contribution in [0.4, 0.5) is 5.82 Å². The summed E-state index contributed by atoms with van der Waals surface area (Å²) < 4.78 is 0. The van der Waals surface area contributed by atoms with E-state index < -0.39 is 0 Å². The number of rotatable bonds is 3. The fraction of sp³-hybridized carbons (Fsp3) is 0.333. The lowest BCUT2D eigenvalue weighted by molar-refractivity contribution is 0.0963. The fourth-order valence-corrected chi connectivity index (χ4v) is 1.20. The molecular formula is C9H12ClN3O. The number of aromatic nitrogens is 1. The molecule has 76 valence electrons. The minimum Gasteiger partial charge on any atom is -0.370 e. The van der Waals surface area contributed by atoms with E-state index in [-0.39, 0.29) is 5.91 Å². The number of carbonyl (C=O) groups excluding carboxylic acids is 1. The first-order chi connectivity index (χ1) is 6.69. The zero-order valence-electron chi connectivity index (χ0n) is 8.10. The van der Waals surface area contributed by atoms with Crippen LogP contribution in [-0.2, 0) is 0 Å². The van der Waals surface area contributed by atoms with Gasteiger partial charge in [0.2, 0.25) is 0 Å². The molecule has 0 saturated heterocycles. The number of pyridine rings is 1. The van der Waals surface area contributed by atoms with Crippen LogP contribution in [0.25, 0.3) is 0 Å². The Morgan fingerprint density at radius 3 is 2.86 bits per heavy atom. The molecule has 0 radical (unpaired) electrons. The van der Waals surface area contributed by atoms with E-state index in [1.54, 1.807) is 19.2 Å². The molecule has 1 amide bonds. The van der Waals surface area contributed by atoms with Crippen molar-refractivity contribution in [2.75, 3.05) is 18.9 Å². The largest absolute Gasteiger partial charge is 0.370 e. The van der Waals surface area contributed by atoms with E-state index in [1.807, 2.05) is 6.92 Å². The molecule has 0 aliphatic rings. The van der Waals surface area contributed by atoms with Gasteiger partial charge in [-0.05, 0) is 19.1 Å². The minimum atomic E-state index is -0.176. The maximum absolute atomic E-state index is 11.4. The Bertz CT molecular complexity index is 341. The molecule has 14 heavy (non-hydrogen) atoms. The topological polar surface area (TPSA) is 54.0 Å². The van der Waals surface area contributed by atoms with Gasteiger partial charge in [0.05, 0.1) is 5.56 Å². The second-order valence-corrected chi connectivity index (χ2v) is 3.03. The Hall–Kier alpha value is -1.29. The van der Waals surface area contributed by atoms with Gasteiger partial charge in [-0.2, -0.15) is 0 Å². The third-order valence-corrected chi connectivity index (χ3v) is 1.89. The van der Waals surface area contributed by atoms with Gasteiger partial charge in [-0.3, -0.25) is 4.79 Å². The third-order valence-electron chi connectivity index (χ3n) is 1.68. The first kappa shape index (κ1) is 10.8. The van der Waals surface area contributed by atoms with Gasteiger partial charge >= 0.3 is 0 Å². The molecule has 0 unspecified atom stereocenters. The first-order valence-electron chi connectivity index (χ1n) is 4.31. The van der Waals surface area contributed by atoms with Crippen LogP contribution in [-0.4, -0.2) is 24.5 Å². The van der Waals surface area contributed by atoms with Crippen LogP contribution < -0.4 is 10.6 Å². The van der Waals surface area contributed by atoms with Crippen molar-refractivity contribution in [3.8, 4) is 0 Å². The lowest BCUT2D eigenvalue weighted by atomic mass is 10.2. The maximum Gasteiger partial charge on any atom is 0.254 e. The summed E-state index contributed by atoms with van der Waals surface area (Å²) in [5.74, 6) is 0.337. The lowest BCUT2D eigenvalue weighted by Gasteiger charge is -2.08. The molecule has 2 N–H and O–H groups in total. The molecular weight excluding hydrogens is 202 g/mol. The highest BCUT2D eigenvalue weighted by Gasteiger charge is 2.10. The van der Waals surface area contributed by atoms with Crippen molar-refractivity contribution >= 4 is 23.3 Å². The van der Waals surface area contributed by atoms with Crippen LogP contribution in [0.3, 0.4) is 0 Å². The van der Waals surface area contributed by atoms with Crippen molar-refractivity contribution in [3.05, 3.63) is 22.8 Å². The predicted octanol–water partition coefficient (Wildman–Crippen LogP) is 1.53. The highest BCUT2D eigenvalue weighted by atomic mass is 35.5. The molecule has 0 aliphatic heterocycles. The minimum absolute atomic E-state index is 0.176. The van der Waals surface area contributed by atoms with Gasteiger partial charge in [0.1, 0.15) is 11.0 Å². The monoisotopic (exact) mass is 213 g/mol. The average Bonchev–Trinajstić information content (AvgIpc) is 2.17. The van der Waals surface area contributed by atoms with E-state index in [0.717, 1.165) is 0 Å². The van der Waals surface area contributed by atoms with E-state index in [0.29, 0.717) is 23.1 Å². The van der Waals surface area contributed by atoms with Gasteiger partial charge in [0.15, 0.2) is 0 Å². The van der Waals surface area contributed by atoms with Gasteiger partial charge < -0.3 is 10.6 Å². The molecule has 4 nitrogen and oxygen atoms in total. The van der Waals surface area contributed by atoms with Gasteiger partial charge in [-0.25, -0.2) is 4.98 Å². The maximum atomic E-state index is 11.4. The third kappa shape index (κ3) is 2.35. The first-order valence-corrected chi connectivity index (χ1v) is 4.69. The molecule has 1 aromatic heterocycles. The zero-order valence-corrected chi connectivity index (χ0v) is 8.85. The molecule has 0 aromatic carbocycles. The summed E-state index contributed by atoms with van der Waals surface area (Å²) in [5, 5.41) is 5.88. The van der Waals surface area contributed by atoms with Gasteiger partial charge in [0, 0.05) is 13.6 Å².